The normalized spacial score (nSPS) is 19.8. The third kappa shape index (κ3) is 4.53. The van der Waals surface area contributed by atoms with Crippen molar-refractivity contribution in [2.45, 2.75) is 38.6 Å². The molecule has 3 N–H and O–H groups in total. The molecule has 1 unspecified atom stereocenters. The van der Waals surface area contributed by atoms with E-state index in [1.54, 1.807) is 0 Å². The topological polar surface area (TPSA) is 58.4 Å². The van der Waals surface area contributed by atoms with Crippen LogP contribution in [0, 0.1) is 0 Å². The van der Waals surface area contributed by atoms with E-state index in [4.69, 9.17) is 5.73 Å². The molecule has 0 bridgehead atoms. The molecule has 1 aliphatic rings. The quantitative estimate of drug-likeness (QED) is 0.806. The second kappa shape index (κ2) is 7.29. The lowest BCUT2D eigenvalue weighted by molar-refractivity contribution is -0.122. The summed E-state index contributed by atoms with van der Waals surface area (Å²) in [5.41, 5.74) is 7.62. The molecule has 110 valence electrons. The summed E-state index contributed by atoms with van der Waals surface area (Å²) in [6.45, 7) is 5.38. The number of nitrogens with two attached hydrogens (primary N) is 1. The summed E-state index contributed by atoms with van der Waals surface area (Å²) in [6.07, 6.45) is 3.56. The molecular weight excluding hydrogens is 250 g/mol. The van der Waals surface area contributed by atoms with E-state index in [1.165, 1.54) is 6.42 Å². The van der Waals surface area contributed by atoms with Gasteiger partial charge >= 0.3 is 0 Å². The van der Waals surface area contributed by atoms with Crippen LogP contribution in [-0.4, -0.2) is 36.5 Å². The van der Waals surface area contributed by atoms with Gasteiger partial charge in [0, 0.05) is 24.7 Å². The van der Waals surface area contributed by atoms with E-state index in [9.17, 15) is 4.79 Å². The summed E-state index contributed by atoms with van der Waals surface area (Å²) in [5, 5.41) is 3.16. The molecule has 1 heterocycles. The highest BCUT2D eigenvalue weighted by atomic mass is 16.1. The van der Waals surface area contributed by atoms with Crippen LogP contribution in [0.3, 0.4) is 0 Å². The van der Waals surface area contributed by atoms with Gasteiger partial charge in [-0.05, 0) is 50.0 Å². The molecule has 1 fully saturated rings. The summed E-state index contributed by atoms with van der Waals surface area (Å²) in [6, 6.07) is 8.07. The van der Waals surface area contributed by atoms with Crippen molar-refractivity contribution in [2.24, 2.45) is 0 Å². The lowest BCUT2D eigenvalue weighted by Crippen LogP contribution is -2.47. The van der Waals surface area contributed by atoms with Gasteiger partial charge in [-0.3, -0.25) is 4.79 Å². The number of likely N-dealkylation sites (tertiary alicyclic amines) is 1. The van der Waals surface area contributed by atoms with E-state index in [1.807, 2.05) is 24.3 Å². The molecule has 0 spiro atoms. The first-order chi connectivity index (χ1) is 9.67. The largest absolute Gasteiger partial charge is 0.399 e. The molecule has 1 aromatic rings. The number of rotatable bonds is 5. The highest BCUT2D eigenvalue weighted by Crippen LogP contribution is 2.11. The van der Waals surface area contributed by atoms with E-state index in [2.05, 4.69) is 17.1 Å². The van der Waals surface area contributed by atoms with Crippen LogP contribution in [0.5, 0.6) is 0 Å². The summed E-state index contributed by atoms with van der Waals surface area (Å²) in [5.74, 6) is 0.148. The van der Waals surface area contributed by atoms with E-state index >= 15 is 0 Å². The van der Waals surface area contributed by atoms with Crippen LogP contribution >= 0.6 is 0 Å². The lowest BCUT2D eigenvalue weighted by Gasteiger charge is -2.32. The third-order valence-corrected chi connectivity index (χ3v) is 3.91. The highest BCUT2D eigenvalue weighted by molar-refractivity contribution is 5.76. The zero-order valence-corrected chi connectivity index (χ0v) is 12.3. The molecule has 0 radical (unpaired) electrons. The number of nitrogen functional groups attached to an aromatic ring is 1. The SMILES string of the molecule is CCN1CCCC(NC(=O)CCc2cccc(N)c2)C1. The molecule has 20 heavy (non-hydrogen) atoms. The number of nitrogens with zero attached hydrogens (tertiary/aromatic N) is 1. The second-order valence-corrected chi connectivity index (χ2v) is 5.54. The van der Waals surface area contributed by atoms with Gasteiger partial charge in [0.15, 0.2) is 0 Å². The second-order valence-electron chi connectivity index (χ2n) is 5.54. The van der Waals surface area contributed by atoms with Crippen LogP contribution in [0.25, 0.3) is 0 Å². The Bertz CT molecular complexity index is 447. The predicted octanol–water partition coefficient (Wildman–Crippen LogP) is 1.80. The van der Waals surface area contributed by atoms with E-state index < -0.39 is 0 Å². The number of aryl methyl sites for hydroxylation is 1. The molecule has 1 saturated heterocycles. The number of carbonyl (C=O) groups excluding carboxylic acids is 1. The van der Waals surface area contributed by atoms with Crippen molar-refractivity contribution in [3.8, 4) is 0 Å². The highest BCUT2D eigenvalue weighted by Gasteiger charge is 2.19. The maximum Gasteiger partial charge on any atom is 0.220 e. The minimum atomic E-state index is 0.148. The summed E-state index contributed by atoms with van der Waals surface area (Å²) in [4.78, 5) is 14.4. The molecule has 2 rings (SSSR count). The van der Waals surface area contributed by atoms with Crippen molar-refractivity contribution < 1.29 is 4.79 Å². The average molecular weight is 275 g/mol. The fraction of sp³-hybridized carbons (Fsp3) is 0.562. The van der Waals surface area contributed by atoms with E-state index in [-0.39, 0.29) is 5.91 Å². The average Bonchev–Trinajstić information content (AvgIpc) is 2.45. The molecular formula is C16H25N3O. The number of nitrogens with one attached hydrogen (secondary N) is 1. The van der Waals surface area contributed by atoms with Crippen molar-refractivity contribution in [1.82, 2.24) is 10.2 Å². The maximum absolute atomic E-state index is 12.0. The molecule has 1 amide bonds. The lowest BCUT2D eigenvalue weighted by atomic mass is 10.0. The van der Waals surface area contributed by atoms with Crippen LogP contribution in [0.1, 0.15) is 31.7 Å². The Kier molecular flexibility index (Phi) is 5.41. The monoisotopic (exact) mass is 275 g/mol. The van der Waals surface area contributed by atoms with Gasteiger partial charge < -0.3 is 16.0 Å². The molecule has 0 aromatic heterocycles. The number of benzene rings is 1. The minimum Gasteiger partial charge on any atom is -0.399 e. The molecule has 1 atom stereocenters. The maximum atomic E-state index is 12.0. The Labute approximate surface area is 121 Å². The Morgan fingerprint density at radius 2 is 2.35 bits per heavy atom. The zero-order chi connectivity index (χ0) is 14.4. The van der Waals surface area contributed by atoms with E-state index in [0.717, 1.165) is 43.7 Å². The molecule has 1 aliphatic heterocycles. The van der Waals surface area contributed by atoms with Crippen LogP contribution < -0.4 is 11.1 Å². The number of anilines is 1. The van der Waals surface area contributed by atoms with Crippen molar-refractivity contribution >= 4 is 11.6 Å². The number of likely N-dealkylation sites (N-methyl/N-ethyl adjacent to an activating group) is 1. The van der Waals surface area contributed by atoms with Gasteiger partial charge in [0.2, 0.25) is 5.91 Å². The Morgan fingerprint density at radius 3 is 3.10 bits per heavy atom. The van der Waals surface area contributed by atoms with Gasteiger partial charge in [0.05, 0.1) is 0 Å². The van der Waals surface area contributed by atoms with Gasteiger partial charge in [-0.15, -0.1) is 0 Å². The van der Waals surface area contributed by atoms with Crippen molar-refractivity contribution in [1.29, 1.82) is 0 Å². The molecule has 4 nitrogen and oxygen atoms in total. The number of hydrogen-bond donors (Lipinski definition) is 2. The van der Waals surface area contributed by atoms with Gasteiger partial charge in [0.1, 0.15) is 0 Å². The summed E-state index contributed by atoms with van der Waals surface area (Å²) < 4.78 is 0. The van der Waals surface area contributed by atoms with Crippen molar-refractivity contribution in [2.75, 3.05) is 25.4 Å². The molecule has 0 saturated carbocycles. The Morgan fingerprint density at radius 1 is 1.50 bits per heavy atom. The number of piperidine rings is 1. The first-order valence-electron chi connectivity index (χ1n) is 7.53. The number of carbonyl (C=O) groups is 1. The van der Waals surface area contributed by atoms with Gasteiger partial charge in [0.25, 0.3) is 0 Å². The Hall–Kier alpha value is -1.55. The summed E-state index contributed by atoms with van der Waals surface area (Å²) in [7, 11) is 0. The Balaban J connectivity index is 1.75. The molecule has 0 aliphatic carbocycles. The first kappa shape index (κ1) is 14.9. The number of amides is 1. The van der Waals surface area contributed by atoms with Gasteiger partial charge in [-0.25, -0.2) is 0 Å². The fourth-order valence-corrected chi connectivity index (χ4v) is 2.77. The van der Waals surface area contributed by atoms with E-state index in [0.29, 0.717) is 12.5 Å². The smallest absolute Gasteiger partial charge is 0.220 e. The first-order valence-corrected chi connectivity index (χ1v) is 7.53. The zero-order valence-electron chi connectivity index (χ0n) is 12.3. The van der Waals surface area contributed by atoms with Crippen molar-refractivity contribution in [3.05, 3.63) is 29.8 Å². The van der Waals surface area contributed by atoms with Crippen LogP contribution in [0.15, 0.2) is 24.3 Å². The molecule has 1 aromatic carbocycles. The summed E-state index contributed by atoms with van der Waals surface area (Å²) >= 11 is 0. The predicted molar refractivity (Wildman–Crippen MR) is 82.5 cm³/mol. The molecule has 4 heteroatoms. The third-order valence-electron chi connectivity index (χ3n) is 3.91. The standard InChI is InChI=1S/C16H25N3O/c1-2-19-10-4-7-15(12-19)18-16(20)9-8-13-5-3-6-14(17)11-13/h3,5-6,11,15H,2,4,7-10,12,17H2,1H3,(H,18,20). The van der Waals surface area contributed by atoms with Crippen LogP contribution in [0.4, 0.5) is 5.69 Å². The minimum absolute atomic E-state index is 0.148. The fourth-order valence-electron chi connectivity index (χ4n) is 2.77. The van der Waals surface area contributed by atoms with Crippen LogP contribution in [0.2, 0.25) is 0 Å². The van der Waals surface area contributed by atoms with Crippen LogP contribution in [-0.2, 0) is 11.2 Å². The van der Waals surface area contributed by atoms with Gasteiger partial charge in [-0.2, -0.15) is 0 Å². The number of hydrogen-bond acceptors (Lipinski definition) is 3. The van der Waals surface area contributed by atoms with Crippen molar-refractivity contribution in [3.63, 3.8) is 0 Å². The van der Waals surface area contributed by atoms with Gasteiger partial charge in [-0.1, -0.05) is 19.1 Å².